The monoisotopic (exact) mass is 339 g/mol. The number of aromatic nitrogens is 1. The van der Waals surface area contributed by atoms with Crippen molar-refractivity contribution in [3.63, 3.8) is 0 Å². The number of carbonyl (C=O) groups excluding carboxylic acids is 1. The van der Waals surface area contributed by atoms with Gasteiger partial charge in [0.15, 0.2) is 0 Å². The molecule has 1 aromatic heterocycles. The quantitative estimate of drug-likeness (QED) is 0.851. The molecule has 1 aliphatic rings. The molecule has 2 aromatic rings. The first kappa shape index (κ1) is 17.7. The Balaban J connectivity index is 1.59. The normalized spacial score (nSPS) is 19.1. The van der Waals surface area contributed by atoms with Gasteiger partial charge in [0.25, 0.3) is 0 Å². The van der Waals surface area contributed by atoms with Gasteiger partial charge in [0.1, 0.15) is 0 Å². The molecule has 0 radical (unpaired) electrons. The second-order valence-electron chi connectivity index (χ2n) is 7.15. The van der Waals surface area contributed by atoms with Gasteiger partial charge in [-0.25, -0.2) is 0 Å². The maximum absolute atomic E-state index is 12.5. The number of nitrogens with zero attached hydrogens (tertiary/aromatic N) is 2. The summed E-state index contributed by atoms with van der Waals surface area (Å²) in [5.41, 5.74) is 3.50. The Morgan fingerprint density at radius 2 is 2.04 bits per heavy atom. The summed E-state index contributed by atoms with van der Waals surface area (Å²) in [6.07, 6.45) is 5.47. The van der Waals surface area contributed by atoms with Crippen LogP contribution >= 0.6 is 0 Å². The molecule has 3 rings (SSSR count). The Bertz CT molecular complexity index is 704. The van der Waals surface area contributed by atoms with Gasteiger partial charge < -0.3 is 9.88 Å². The highest BCUT2D eigenvalue weighted by atomic mass is 16.2. The van der Waals surface area contributed by atoms with Gasteiger partial charge in [-0.1, -0.05) is 26.0 Å². The van der Waals surface area contributed by atoms with Gasteiger partial charge in [-0.15, -0.1) is 0 Å². The molecular weight excluding hydrogens is 310 g/mol. The van der Waals surface area contributed by atoms with Crippen molar-refractivity contribution in [1.82, 2.24) is 9.47 Å². The summed E-state index contributed by atoms with van der Waals surface area (Å²) >= 11 is 0. The predicted octanol–water partition coefficient (Wildman–Crippen LogP) is 4.31. The second-order valence-corrected chi connectivity index (χ2v) is 7.15. The number of hydrogen-bond acceptors (Lipinski definition) is 2. The summed E-state index contributed by atoms with van der Waals surface area (Å²) in [5.74, 6) is 0.623. The SMILES string of the molecule is CC[C@H](C)c1ccc(NC(=O)CN2CCC[C@@H]2c2cccn2C)cc1. The molecule has 134 valence electrons. The van der Waals surface area contributed by atoms with Crippen molar-refractivity contribution >= 4 is 11.6 Å². The predicted molar refractivity (Wildman–Crippen MR) is 103 cm³/mol. The van der Waals surface area contributed by atoms with Crippen LogP contribution in [-0.4, -0.2) is 28.5 Å². The third-order valence-electron chi connectivity index (χ3n) is 5.41. The molecule has 1 N–H and O–H groups in total. The standard InChI is InChI=1S/C21H29N3O/c1-4-16(2)17-9-11-18(12-10-17)22-21(25)15-24-14-6-8-20(24)19-7-5-13-23(19)3/h5,7,9-13,16,20H,4,6,8,14-15H2,1-3H3,(H,22,25)/t16-,20+/m0/s1. The summed E-state index contributed by atoms with van der Waals surface area (Å²) in [6, 6.07) is 12.8. The largest absolute Gasteiger partial charge is 0.353 e. The maximum Gasteiger partial charge on any atom is 0.238 e. The lowest BCUT2D eigenvalue weighted by molar-refractivity contribution is -0.117. The molecule has 2 heterocycles. The molecule has 0 bridgehead atoms. The van der Waals surface area contributed by atoms with Crippen LogP contribution in [0.3, 0.4) is 0 Å². The van der Waals surface area contributed by atoms with Gasteiger partial charge in [0, 0.05) is 24.6 Å². The minimum atomic E-state index is 0.0670. The van der Waals surface area contributed by atoms with E-state index in [9.17, 15) is 4.79 Å². The smallest absolute Gasteiger partial charge is 0.238 e. The molecule has 1 saturated heterocycles. The van der Waals surface area contributed by atoms with Crippen LogP contribution in [0, 0.1) is 0 Å². The molecule has 1 amide bonds. The van der Waals surface area contributed by atoms with Crippen molar-refractivity contribution in [3.8, 4) is 0 Å². The Morgan fingerprint density at radius 1 is 1.28 bits per heavy atom. The molecule has 4 heteroatoms. The molecule has 1 fully saturated rings. The van der Waals surface area contributed by atoms with E-state index >= 15 is 0 Å². The molecule has 1 aliphatic heterocycles. The van der Waals surface area contributed by atoms with Gasteiger partial charge in [-0.2, -0.15) is 0 Å². The van der Waals surface area contributed by atoms with E-state index in [1.165, 1.54) is 11.3 Å². The highest BCUT2D eigenvalue weighted by Gasteiger charge is 2.28. The van der Waals surface area contributed by atoms with Crippen LogP contribution in [0.15, 0.2) is 42.6 Å². The lowest BCUT2D eigenvalue weighted by atomic mass is 9.99. The van der Waals surface area contributed by atoms with Crippen LogP contribution in [0.4, 0.5) is 5.69 Å². The van der Waals surface area contributed by atoms with E-state index in [0.29, 0.717) is 18.5 Å². The number of hydrogen-bond donors (Lipinski definition) is 1. The van der Waals surface area contributed by atoms with E-state index in [0.717, 1.165) is 31.5 Å². The van der Waals surface area contributed by atoms with Crippen LogP contribution in [-0.2, 0) is 11.8 Å². The summed E-state index contributed by atoms with van der Waals surface area (Å²) in [7, 11) is 2.07. The summed E-state index contributed by atoms with van der Waals surface area (Å²) in [6.45, 7) is 5.85. The Kier molecular flexibility index (Phi) is 5.59. The first-order valence-corrected chi connectivity index (χ1v) is 9.33. The minimum Gasteiger partial charge on any atom is -0.353 e. The highest BCUT2D eigenvalue weighted by molar-refractivity contribution is 5.92. The number of carbonyl (C=O) groups is 1. The number of amides is 1. The van der Waals surface area contributed by atoms with E-state index in [-0.39, 0.29) is 5.91 Å². The van der Waals surface area contributed by atoms with Crippen molar-refractivity contribution in [2.75, 3.05) is 18.4 Å². The average Bonchev–Trinajstić information content (AvgIpc) is 3.23. The van der Waals surface area contributed by atoms with Crippen LogP contribution in [0.1, 0.15) is 56.3 Å². The van der Waals surface area contributed by atoms with Gasteiger partial charge >= 0.3 is 0 Å². The zero-order valence-electron chi connectivity index (χ0n) is 15.5. The van der Waals surface area contributed by atoms with E-state index in [2.05, 4.69) is 66.1 Å². The van der Waals surface area contributed by atoms with Gasteiger partial charge in [0.05, 0.1) is 12.6 Å². The molecule has 0 aliphatic carbocycles. The van der Waals surface area contributed by atoms with E-state index < -0.39 is 0 Å². The van der Waals surface area contributed by atoms with Gasteiger partial charge in [-0.3, -0.25) is 9.69 Å². The van der Waals surface area contributed by atoms with Crippen LogP contribution < -0.4 is 5.32 Å². The van der Waals surface area contributed by atoms with Crippen molar-refractivity contribution in [1.29, 1.82) is 0 Å². The van der Waals surface area contributed by atoms with Crippen LogP contribution in [0.5, 0.6) is 0 Å². The van der Waals surface area contributed by atoms with Crippen molar-refractivity contribution in [2.45, 2.75) is 45.1 Å². The fraction of sp³-hybridized carbons (Fsp3) is 0.476. The fourth-order valence-electron chi connectivity index (χ4n) is 3.69. The molecule has 4 nitrogen and oxygen atoms in total. The number of likely N-dealkylation sites (tertiary alicyclic amines) is 1. The van der Waals surface area contributed by atoms with E-state index in [4.69, 9.17) is 0 Å². The lowest BCUT2D eigenvalue weighted by Crippen LogP contribution is -2.33. The van der Waals surface area contributed by atoms with Crippen molar-refractivity contribution in [3.05, 3.63) is 53.9 Å². The average molecular weight is 339 g/mol. The number of rotatable bonds is 6. The molecule has 25 heavy (non-hydrogen) atoms. The van der Waals surface area contributed by atoms with Crippen molar-refractivity contribution in [2.24, 2.45) is 7.05 Å². The van der Waals surface area contributed by atoms with Crippen LogP contribution in [0.2, 0.25) is 0 Å². The maximum atomic E-state index is 12.5. The Labute approximate surface area is 150 Å². The molecule has 2 atom stereocenters. The topological polar surface area (TPSA) is 37.3 Å². The fourth-order valence-corrected chi connectivity index (χ4v) is 3.69. The first-order valence-electron chi connectivity index (χ1n) is 9.33. The number of aryl methyl sites for hydroxylation is 1. The molecule has 0 saturated carbocycles. The highest BCUT2D eigenvalue weighted by Crippen LogP contribution is 2.31. The van der Waals surface area contributed by atoms with Gasteiger partial charge in [0.2, 0.25) is 5.91 Å². The third kappa shape index (κ3) is 4.13. The van der Waals surface area contributed by atoms with E-state index in [1.807, 2.05) is 12.1 Å². The van der Waals surface area contributed by atoms with Crippen LogP contribution in [0.25, 0.3) is 0 Å². The molecule has 0 unspecified atom stereocenters. The summed E-state index contributed by atoms with van der Waals surface area (Å²) in [4.78, 5) is 14.8. The number of anilines is 1. The zero-order chi connectivity index (χ0) is 17.8. The molecule has 0 spiro atoms. The molecule has 1 aromatic carbocycles. The zero-order valence-corrected chi connectivity index (χ0v) is 15.5. The molecular formula is C21H29N3O. The number of benzene rings is 1. The van der Waals surface area contributed by atoms with Crippen molar-refractivity contribution < 1.29 is 4.79 Å². The third-order valence-corrected chi connectivity index (χ3v) is 5.41. The second kappa shape index (κ2) is 7.87. The summed E-state index contributed by atoms with van der Waals surface area (Å²) in [5, 5.41) is 3.05. The first-order chi connectivity index (χ1) is 12.1. The Morgan fingerprint density at radius 3 is 2.68 bits per heavy atom. The number of nitrogens with one attached hydrogen (secondary N) is 1. The van der Waals surface area contributed by atoms with Gasteiger partial charge in [-0.05, 0) is 61.6 Å². The Hall–Kier alpha value is -2.07. The minimum absolute atomic E-state index is 0.0670. The van der Waals surface area contributed by atoms with E-state index in [1.54, 1.807) is 0 Å². The summed E-state index contributed by atoms with van der Waals surface area (Å²) < 4.78 is 2.16. The lowest BCUT2D eigenvalue weighted by Gasteiger charge is -2.24.